The van der Waals surface area contributed by atoms with Crippen molar-refractivity contribution >= 4 is 39.0 Å². The van der Waals surface area contributed by atoms with Gasteiger partial charge in [0.05, 0.1) is 16.8 Å². The second-order valence-corrected chi connectivity index (χ2v) is 10.4. The summed E-state index contributed by atoms with van der Waals surface area (Å²) in [7, 11) is -4.23. The van der Waals surface area contributed by atoms with Crippen LogP contribution in [-0.2, 0) is 10.0 Å². The van der Waals surface area contributed by atoms with Gasteiger partial charge >= 0.3 is 6.03 Å². The molecule has 12 heteroatoms. The van der Waals surface area contributed by atoms with Crippen molar-refractivity contribution in [1.29, 1.82) is 0 Å². The number of urea groups is 1. The fourth-order valence-corrected chi connectivity index (χ4v) is 7.09. The number of aromatic hydroxyl groups is 1. The van der Waals surface area contributed by atoms with E-state index in [1.54, 1.807) is 0 Å². The molecule has 0 radical (unpaired) electrons. The van der Waals surface area contributed by atoms with Crippen molar-refractivity contribution in [3.8, 4) is 5.75 Å². The normalized spacial score (nSPS) is 22.7. The highest BCUT2D eigenvalue weighted by Crippen LogP contribution is 2.45. The van der Waals surface area contributed by atoms with Gasteiger partial charge in [-0.25, -0.2) is 17.6 Å². The molecule has 9 nitrogen and oxygen atoms in total. The maximum absolute atomic E-state index is 13.7. The van der Waals surface area contributed by atoms with E-state index >= 15 is 0 Å². The standard InChI is InChI=1S/C21H22ClFN4O5S/c1-11-16(23)3-2-4-17(11)24-21(29)25-18-8-7-15(22)20(19(18)28)33(31,32)27-13-5-6-14(27)10-12(9-13)26-30/h2-4,7-8,12-14,28H,5-6,9-10H2,1H3,(H2,24,25,29)/t12?,13-,14+. The van der Waals surface area contributed by atoms with Gasteiger partial charge < -0.3 is 15.7 Å². The van der Waals surface area contributed by atoms with Gasteiger partial charge in [-0.3, -0.25) is 0 Å². The van der Waals surface area contributed by atoms with E-state index in [4.69, 9.17) is 11.6 Å². The number of sulfonamides is 1. The highest BCUT2D eigenvalue weighted by Gasteiger charge is 2.49. The number of phenols is 1. The molecule has 1 unspecified atom stereocenters. The van der Waals surface area contributed by atoms with Gasteiger partial charge in [-0.1, -0.05) is 22.8 Å². The van der Waals surface area contributed by atoms with Crippen molar-refractivity contribution in [1.82, 2.24) is 4.31 Å². The third-order valence-electron chi connectivity index (χ3n) is 6.17. The lowest BCUT2D eigenvalue weighted by molar-refractivity contribution is 0.227. The van der Waals surface area contributed by atoms with Gasteiger partial charge in [-0.05, 0) is 56.9 Å². The highest BCUT2D eigenvalue weighted by atomic mass is 35.5. The zero-order chi connectivity index (χ0) is 23.9. The van der Waals surface area contributed by atoms with Crippen LogP contribution in [0, 0.1) is 17.6 Å². The fourth-order valence-electron chi connectivity index (χ4n) is 4.60. The van der Waals surface area contributed by atoms with Crippen LogP contribution in [0.5, 0.6) is 5.75 Å². The molecule has 0 aliphatic carbocycles. The Kier molecular flexibility index (Phi) is 6.30. The lowest BCUT2D eigenvalue weighted by atomic mass is 10.0. The number of rotatable bonds is 5. The molecule has 0 aromatic heterocycles. The summed E-state index contributed by atoms with van der Waals surface area (Å²) in [6.07, 6.45) is 1.79. The molecule has 176 valence electrons. The lowest BCUT2D eigenvalue weighted by Crippen LogP contribution is -2.47. The molecule has 2 aromatic rings. The predicted molar refractivity (Wildman–Crippen MR) is 122 cm³/mol. The summed E-state index contributed by atoms with van der Waals surface area (Å²) in [6, 6.07) is 4.64. The number of fused-ring (bicyclic) bond motifs is 2. The minimum atomic E-state index is -4.23. The maximum Gasteiger partial charge on any atom is 0.323 e. The molecule has 0 saturated carbocycles. The predicted octanol–water partition coefficient (Wildman–Crippen LogP) is 4.59. The first-order chi connectivity index (χ1) is 15.6. The second-order valence-electron chi connectivity index (χ2n) is 8.21. The third-order valence-corrected chi connectivity index (χ3v) is 8.68. The Balaban J connectivity index is 1.61. The van der Waals surface area contributed by atoms with Crippen LogP contribution in [-0.4, -0.2) is 42.0 Å². The number of benzene rings is 2. The Morgan fingerprint density at radius 2 is 1.79 bits per heavy atom. The molecular formula is C21H22ClFN4O5S. The molecule has 2 bridgehead atoms. The maximum atomic E-state index is 13.7. The van der Waals surface area contributed by atoms with Gasteiger partial charge in [0.2, 0.25) is 10.0 Å². The Morgan fingerprint density at radius 1 is 1.15 bits per heavy atom. The molecule has 2 aliphatic rings. The SMILES string of the molecule is Cc1c(F)cccc1NC(=O)Nc1ccc(Cl)c(S(=O)(=O)N2[C@@H]3CC[C@H]2CC(N=O)C3)c1O. The molecule has 2 fully saturated rings. The third kappa shape index (κ3) is 4.28. The average molecular weight is 497 g/mol. The fraction of sp³-hybridized carbons (Fsp3) is 0.381. The van der Waals surface area contributed by atoms with Crippen molar-refractivity contribution in [3.05, 3.63) is 51.6 Å². The zero-order valence-corrected chi connectivity index (χ0v) is 19.2. The van der Waals surface area contributed by atoms with Crippen LogP contribution in [0.4, 0.5) is 20.6 Å². The van der Waals surface area contributed by atoms with Crippen LogP contribution in [0.15, 0.2) is 40.4 Å². The number of nitrogens with one attached hydrogen (secondary N) is 2. The molecule has 2 amide bonds. The highest BCUT2D eigenvalue weighted by molar-refractivity contribution is 7.89. The summed E-state index contributed by atoms with van der Waals surface area (Å²) in [5, 5.41) is 18.5. The quantitative estimate of drug-likeness (QED) is 0.412. The molecule has 3 atom stereocenters. The Bertz CT molecular complexity index is 1210. The second kappa shape index (κ2) is 8.88. The van der Waals surface area contributed by atoms with Gasteiger partial charge in [0, 0.05) is 23.3 Å². The molecule has 0 spiro atoms. The van der Waals surface area contributed by atoms with Crippen molar-refractivity contribution in [2.24, 2.45) is 5.18 Å². The zero-order valence-electron chi connectivity index (χ0n) is 17.6. The number of hydrogen-bond donors (Lipinski definition) is 3. The van der Waals surface area contributed by atoms with Crippen LogP contribution in [0.3, 0.4) is 0 Å². The molecule has 4 rings (SSSR count). The molecular weight excluding hydrogens is 475 g/mol. The number of piperidine rings is 1. The minimum absolute atomic E-state index is 0.179. The van der Waals surface area contributed by atoms with Gasteiger partial charge in [0.15, 0.2) is 5.75 Å². The van der Waals surface area contributed by atoms with E-state index in [1.807, 2.05) is 0 Å². The number of phenolic OH excluding ortho intramolecular Hbond substituents is 1. The molecule has 2 aliphatic heterocycles. The van der Waals surface area contributed by atoms with Gasteiger partial charge in [-0.2, -0.15) is 9.21 Å². The Morgan fingerprint density at radius 3 is 2.42 bits per heavy atom. The van der Waals surface area contributed by atoms with Gasteiger partial charge in [-0.15, -0.1) is 0 Å². The van der Waals surface area contributed by atoms with E-state index in [-0.39, 0.29) is 22.0 Å². The number of nitrogens with zero attached hydrogens (tertiary/aromatic N) is 2. The summed E-state index contributed by atoms with van der Waals surface area (Å²) >= 11 is 6.18. The van der Waals surface area contributed by atoms with Crippen molar-refractivity contribution in [2.45, 2.75) is 55.6 Å². The molecule has 2 heterocycles. The summed E-state index contributed by atoms with van der Waals surface area (Å²) in [4.78, 5) is 22.9. The summed E-state index contributed by atoms with van der Waals surface area (Å²) in [6.45, 7) is 1.49. The first-order valence-corrected chi connectivity index (χ1v) is 12.2. The number of hydrogen-bond acceptors (Lipinski definition) is 6. The number of carbonyl (C=O) groups excluding carboxylic acids is 1. The van der Waals surface area contributed by atoms with E-state index in [2.05, 4.69) is 15.8 Å². The van der Waals surface area contributed by atoms with Crippen LogP contribution in [0.25, 0.3) is 0 Å². The molecule has 2 aromatic carbocycles. The van der Waals surface area contributed by atoms with Crippen LogP contribution in [0.2, 0.25) is 5.02 Å². The monoisotopic (exact) mass is 496 g/mol. The molecule has 3 N–H and O–H groups in total. The summed E-state index contributed by atoms with van der Waals surface area (Å²) < 4.78 is 42.0. The van der Waals surface area contributed by atoms with E-state index in [9.17, 15) is 27.6 Å². The van der Waals surface area contributed by atoms with Crippen molar-refractivity contribution in [2.75, 3.05) is 10.6 Å². The van der Waals surface area contributed by atoms with Crippen LogP contribution in [0.1, 0.15) is 31.2 Å². The van der Waals surface area contributed by atoms with Crippen LogP contribution < -0.4 is 10.6 Å². The van der Waals surface area contributed by atoms with E-state index in [0.717, 1.165) is 0 Å². The number of amides is 2. The number of anilines is 2. The number of carbonyl (C=O) groups is 1. The van der Waals surface area contributed by atoms with Crippen LogP contribution >= 0.6 is 11.6 Å². The average Bonchev–Trinajstić information content (AvgIpc) is 3.05. The van der Waals surface area contributed by atoms with Gasteiger partial charge in [0.1, 0.15) is 10.7 Å². The Hall–Kier alpha value is -2.76. The smallest absolute Gasteiger partial charge is 0.323 e. The Labute approximate surface area is 195 Å². The first kappa shape index (κ1) is 23.4. The minimum Gasteiger partial charge on any atom is -0.504 e. The molecule has 2 saturated heterocycles. The van der Waals surface area contributed by atoms with E-state index in [0.29, 0.717) is 25.7 Å². The summed E-state index contributed by atoms with van der Waals surface area (Å²) in [5.41, 5.74) is 0.262. The van der Waals surface area contributed by atoms with E-state index < -0.39 is 50.6 Å². The topological polar surface area (TPSA) is 128 Å². The number of halogens is 2. The van der Waals surface area contributed by atoms with Crippen molar-refractivity contribution in [3.63, 3.8) is 0 Å². The lowest BCUT2D eigenvalue weighted by Gasteiger charge is -2.35. The van der Waals surface area contributed by atoms with Gasteiger partial charge in [0.25, 0.3) is 0 Å². The summed E-state index contributed by atoms with van der Waals surface area (Å²) in [5.74, 6) is -1.21. The largest absolute Gasteiger partial charge is 0.504 e. The number of nitroso groups, excluding NO2 is 1. The first-order valence-electron chi connectivity index (χ1n) is 10.3. The van der Waals surface area contributed by atoms with E-state index in [1.165, 1.54) is 41.6 Å². The molecule has 33 heavy (non-hydrogen) atoms. The van der Waals surface area contributed by atoms with Crippen molar-refractivity contribution < 1.29 is 22.7 Å².